The fraction of sp³-hybridized carbons (Fsp3) is 0.688. The maximum absolute atomic E-state index is 11.8. The summed E-state index contributed by atoms with van der Waals surface area (Å²) in [5.41, 5.74) is 0.307. The van der Waals surface area contributed by atoms with Crippen LogP contribution in [0.15, 0.2) is 24.3 Å². The molecule has 2 fully saturated rings. The minimum absolute atomic E-state index is 0.0379. The molecule has 1 spiro atoms. The molecule has 3 nitrogen and oxygen atoms in total. The van der Waals surface area contributed by atoms with Gasteiger partial charge in [0.05, 0.1) is 0 Å². The van der Waals surface area contributed by atoms with Gasteiger partial charge in [0, 0.05) is 17.7 Å². The van der Waals surface area contributed by atoms with Crippen LogP contribution in [0.2, 0.25) is 0 Å². The van der Waals surface area contributed by atoms with Gasteiger partial charge in [0.25, 0.3) is 0 Å². The number of allylic oxidation sites excluding steroid dienone is 3. The van der Waals surface area contributed by atoms with Gasteiger partial charge in [-0.3, -0.25) is 4.79 Å². The molecule has 1 heterocycles. The molecule has 106 valence electrons. The molecule has 1 saturated heterocycles. The fourth-order valence-corrected chi connectivity index (χ4v) is 3.39. The number of amides is 1. The first kappa shape index (κ1) is 14.3. The largest absolute Gasteiger partial charge is 0.350 e. The highest BCUT2D eigenvalue weighted by Crippen LogP contribution is 2.34. The number of carbonyl (C=O) groups excluding carboxylic acids is 1. The first-order valence-corrected chi connectivity index (χ1v) is 7.59. The Morgan fingerprint density at radius 1 is 1.26 bits per heavy atom. The van der Waals surface area contributed by atoms with Crippen LogP contribution < -0.4 is 10.6 Å². The summed E-state index contributed by atoms with van der Waals surface area (Å²) in [6, 6.07) is 0.335. The van der Waals surface area contributed by atoms with Gasteiger partial charge in [-0.05, 0) is 39.2 Å². The summed E-state index contributed by atoms with van der Waals surface area (Å²) in [5.74, 6) is 0.0379. The Bertz CT molecular complexity index is 348. The van der Waals surface area contributed by atoms with Crippen molar-refractivity contribution in [1.82, 2.24) is 10.6 Å². The van der Waals surface area contributed by atoms with Crippen LogP contribution in [0.4, 0.5) is 0 Å². The van der Waals surface area contributed by atoms with Crippen LogP contribution >= 0.6 is 0 Å². The van der Waals surface area contributed by atoms with Crippen molar-refractivity contribution in [2.45, 2.75) is 63.5 Å². The maximum Gasteiger partial charge on any atom is 0.244 e. The van der Waals surface area contributed by atoms with Gasteiger partial charge in [0.2, 0.25) is 5.91 Å². The Morgan fingerprint density at radius 2 is 2.05 bits per heavy atom. The van der Waals surface area contributed by atoms with Crippen molar-refractivity contribution in [1.29, 1.82) is 0 Å². The highest BCUT2D eigenvalue weighted by molar-refractivity contribution is 5.88. The third kappa shape index (κ3) is 4.20. The van der Waals surface area contributed by atoms with Gasteiger partial charge in [-0.2, -0.15) is 0 Å². The highest BCUT2D eigenvalue weighted by atomic mass is 16.1. The molecule has 1 unspecified atom stereocenters. The van der Waals surface area contributed by atoms with Gasteiger partial charge in [0.1, 0.15) is 0 Å². The van der Waals surface area contributed by atoms with Crippen molar-refractivity contribution in [3.8, 4) is 0 Å². The van der Waals surface area contributed by atoms with E-state index in [1.807, 2.05) is 19.1 Å². The number of hydrogen-bond donors (Lipinski definition) is 2. The molecule has 0 aromatic heterocycles. The summed E-state index contributed by atoms with van der Waals surface area (Å²) in [5, 5.41) is 6.86. The summed E-state index contributed by atoms with van der Waals surface area (Å²) >= 11 is 0. The molecule has 2 aliphatic rings. The zero-order chi connectivity index (χ0) is 13.6. The number of nitrogens with one attached hydrogen (secondary N) is 2. The summed E-state index contributed by atoms with van der Waals surface area (Å²) in [4.78, 5) is 11.8. The first-order valence-electron chi connectivity index (χ1n) is 7.59. The summed E-state index contributed by atoms with van der Waals surface area (Å²) in [7, 11) is 0. The molecule has 1 aliphatic heterocycles. The molecule has 0 aromatic carbocycles. The van der Waals surface area contributed by atoms with Gasteiger partial charge in [-0.1, -0.05) is 37.5 Å². The lowest BCUT2D eigenvalue weighted by Crippen LogP contribution is -2.56. The normalized spacial score (nSPS) is 27.1. The Morgan fingerprint density at radius 3 is 2.79 bits per heavy atom. The molecule has 1 atom stereocenters. The van der Waals surface area contributed by atoms with E-state index in [2.05, 4.69) is 10.6 Å². The van der Waals surface area contributed by atoms with Crippen molar-refractivity contribution in [2.24, 2.45) is 0 Å². The molecule has 1 saturated carbocycles. The van der Waals surface area contributed by atoms with Crippen molar-refractivity contribution in [2.75, 3.05) is 6.54 Å². The van der Waals surface area contributed by atoms with Crippen molar-refractivity contribution in [3.05, 3.63) is 24.3 Å². The third-order valence-electron chi connectivity index (χ3n) is 4.34. The van der Waals surface area contributed by atoms with E-state index in [1.165, 1.54) is 32.1 Å². The zero-order valence-corrected chi connectivity index (χ0v) is 12.0. The number of piperidine rings is 1. The third-order valence-corrected chi connectivity index (χ3v) is 4.34. The minimum atomic E-state index is 0.0379. The van der Waals surface area contributed by atoms with Crippen LogP contribution in [0, 0.1) is 0 Å². The van der Waals surface area contributed by atoms with Crippen molar-refractivity contribution in [3.63, 3.8) is 0 Å². The fourth-order valence-electron chi connectivity index (χ4n) is 3.39. The van der Waals surface area contributed by atoms with E-state index in [9.17, 15) is 4.79 Å². The Kier molecular flexibility index (Phi) is 5.20. The van der Waals surface area contributed by atoms with Gasteiger partial charge in [-0.25, -0.2) is 0 Å². The van der Waals surface area contributed by atoms with Crippen LogP contribution in [0.25, 0.3) is 0 Å². The van der Waals surface area contributed by atoms with E-state index < -0.39 is 0 Å². The predicted molar refractivity (Wildman–Crippen MR) is 78.9 cm³/mol. The Balaban J connectivity index is 1.85. The highest BCUT2D eigenvalue weighted by Gasteiger charge is 2.37. The number of hydrogen-bond acceptors (Lipinski definition) is 2. The van der Waals surface area contributed by atoms with Crippen molar-refractivity contribution >= 4 is 5.91 Å². The van der Waals surface area contributed by atoms with Crippen molar-refractivity contribution < 1.29 is 4.79 Å². The standard InChI is InChI=1S/C16H26N2O/c1-2-3-5-8-15(19)18-14-9-12-17-16(13-14)10-6-4-7-11-16/h2-3,5,8,14,17H,4,6-7,9-13H2,1H3,(H,18,19)/b3-2+,8-5+. The first-order chi connectivity index (χ1) is 9.24. The second kappa shape index (κ2) is 6.90. The average molecular weight is 262 g/mol. The van der Waals surface area contributed by atoms with E-state index in [1.54, 1.807) is 12.2 Å². The molecule has 19 heavy (non-hydrogen) atoms. The predicted octanol–water partition coefficient (Wildman–Crippen LogP) is 2.69. The van der Waals surface area contributed by atoms with Gasteiger partial charge in [0.15, 0.2) is 0 Å². The minimum Gasteiger partial charge on any atom is -0.350 e. The second-order valence-corrected chi connectivity index (χ2v) is 5.85. The van der Waals surface area contributed by atoms with Gasteiger partial charge >= 0.3 is 0 Å². The lowest BCUT2D eigenvalue weighted by Gasteiger charge is -2.44. The van der Waals surface area contributed by atoms with Gasteiger partial charge in [-0.15, -0.1) is 0 Å². The molecule has 2 rings (SSSR count). The molecule has 0 bridgehead atoms. The van der Waals surface area contributed by atoms with E-state index in [0.717, 1.165) is 19.4 Å². The maximum atomic E-state index is 11.8. The van der Waals surface area contributed by atoms with Crippen LogP contribution in [0.5, 0.6) is 0 Å². The molecule has 0 aromatic rings. The smallest absolute Gasteiger partial charge is 0.244 e. The Labute approximate surface area is 116 Å². The Hall–Kier alpha value is -1.09. The summed E-state index contributed by atoms with van der Waals surface area (Å²) in [6.07, 6.45) is 15.9. The number of carbonyl (C=O) groups is 1. The molecule has 1 amide bonds. The SMILES string of the molecule is C/C=C/C=C/C(=O)NC1CCNC2(CCCCC2)C1. The van der Waals surface area contributed by atoms with Crippen LogP contribution in [-0.4, -0.2) is 24.0 Å². The second-order valence-electron chi connectivity index (χ2n) is 5.85. The molecule has 2 N–H and O–H groups in total. The zero-order valence-electron chi connectivity index (χ0n) is 12.0. The molecular weight excluding hydrogens is 236 g/mol. The molecule has 3 heteroatoms. The van der Waals surface area contributed by atoms with E-state index in [4.69, 9.17) is 0 Å². The van der Waals surface area contributed by atoms with E-state index in [0.29, 0.717) is 11.6 Å². The lowest BCUT2D eigenvalue weighted by atomic mass is 9.75. The van der Waals surface area contributed by atoms with Crippen LogP contribution in [0.1, 0.15) is 51.9 Å². The van der Waals surface area contributed by atoms with Crippen LogP contribution in [0.3, 0.4) is 0 Å². The molecule has 0 radical (unpaired) electrons. The van der Waals surface area contributed by atoms with E-state index >= 15 is 0 Å². The lowest BCUT2D eigenvalue weighted by molar-refractivity contribution is -0.117. The summed E-state index contributed by atoms with van der Waals surface area (Å²) in [6.45, 7) is 2.98. The van der Waals surface area contributed by atoms with E-state index in [-0.39, 0.29) is 5.91 Å². The van der Waals surface area contributed by atoms with Crippen LogP contribution in [-0.2, 0) is 4.79 Å². The molecule has 1 aliphatic carbocycles. The summed E-state index contributed by atoms with van der Waals surface area (Å²) < 4.78 is 0. The topological polar surface area (TPSA) is 41.1 Å². The number of rotatable bonds is 3. The van der Waals surface area contributed by atoms with Gasteiger partial charge < -0.3 is 10.6 Å². The average Bonchev–Trinajstić information content (AvgIpc) is 2.40. The quantitative estimate of drug-likeness (QED) is 0.606. The molecular formula is C16H26N2O. The monoisotopic (exact) mass is 262 g/mol.